The van der Waals surface area contributed by atoms with E-state index in [0.717, 1.165) is 31.0 Å². The third kappa shape index (κ3) is 4.03. The van der Waals surface area contributed by atoms with Gasteiger partial charge in [0.15, 0.2) is 0 Å². The zero-order chi connectivity index (χ0) is 19.7. The summed E-state index contributed by atoms with van der Waals surface area (Å²) in [7, 11) is 4.36. The molecule has 0 saturated carbocycles. The molecule has 0 radical (unpaired) electrons. The van der Waals surface area contributed by atoms with Gasteiger partial charge in [0, 0.05) is 43.0 Å². The van der Waals surface area contributed by atoms with Crippen LogP contribution in [0.1, 0.15) is 23.1 Å². The average molecular weight is 375 g/mol. The fraction of sp³-hybridized carbons (Fsp3) is 0.375. The maximum Gasteiger partial charge on any atom is 0.0972 e. The van der Waals surface area contributed by atoms with Gasteiger partial charge in [-0.1, -0.05) is 41.5 Å². The van der Waals surface area contributed by atoms with Gasteiger partial charge in [0.2, 0.25) is 0 Å². The molecule has 4 heteroatoms. The highest BCUT2D eigenvalue weighted by molar-refractivity contribution is 5.64. The number of aromatic nitrogens is 2. The minimum absolute atomic E-state index is 0.648. The van der Waals surface area contributed by atoms with Crippen LogP contribution in [0.15, 0.2) is 54.7 Å². The van der Waals surface area contributed by atoms with Gasteiger partial charge in [-0.05, 0) is 52.6 Å². The molecular formula is C24H30N4. The quantitative estimate of drug-likeness (QED) is 0.666. The standard InChI is InChI=1S/C24H30N4/c1-18-8-10-22(11-9-18)28-16-21(15-27-13-12-23(17-27)26(3)4)24(25-28)20-7-5-6-19(2)14-20/h5-11,14,16,23H,12-13,15,17H2,1-4H3. The van der Waals surface area contributed by atoms with Crippen molar-refractivity contribution in [3.63, 3.8) is 0 Å². The molecule has 1 aliphatic rings. The van der Waals surface area contributed by atoms with Crippen molar-refractivity contribution in [2.45, 2.75) is 32.9 Å². The number of hydrogen-bond acceptors (Lipinski definition) is 3. The Labute approximate surface area is 168 Å². The number of benzene rings is 2. The number of nitrogens with zero attached hydrogens (tertiary/aromatic N) is 4. The van der Waals surface area contributed by atoms with Crippen LogP contribution in [0, 0.1) is 13.8 Å². The minimum atomic E-state index is 0.648. The summed E-state index contributed by atoms with van der Waals surface area (Å²) in [5, 5.41) is 5.00. The summed E-state index contributed by atoms with van der Waals surface area (Å²) in [6.07, 6.45) is 3.45. The smallest absolute Gasteiger partial charge is 0.0972 e. The van der Waals surface area contributed by atoms with Crippen molar-refractivity contribution in [1.82, 2.24) is 19.6 Å². The van der Waals surface area contributed by atoms with E-state index in [9.17, 15) is 0 Å². The van der Waals surface area contributed by atoms with Gasteiger partial charge in [-0.3, -0.25) is 4.90 Å². The van der Waals surface area contributed by atoms with E-state index in [2.05, 4.69) is 92.5 Å². The molecule has 2 heterocycles. The highest BCUT2D eigenvalue weighted by Crippen LogP contribution is 2.27. The van der Waals surface area contributed by atoms with E-state index in [0.29, 0.717) is 6.04 Å². The van der Waals surface area contributed by atoms with Crippen LogP contribution < -0.4 is 0 Å². The number of rotatable bonds is 5. The molecule has 28 heavy (non-hydrogen) atoms. The minimum Gasteiger partial charge on any atom is -0.305 e. The first-order valence-electron chi connectivity index (χ1n) is 10.1. The van der Waals surface area contributed by atoms with Crippen LogP contribution in [0.4, 0.5) is 0 Å². The van der Waals surface area contributed by atoms with E-state index in [1.165, 1.54) is 28.7 Å². The largest absolute Gasteiger partial charge is 0.305 e. The van der Waals surface area contributed by atoms with Gasteiger partial charge in [-0.25, -0.2) is 4.68 Å². The first kappa shape index (κ1) is 18.9. The summed E-state index contributed by atoms with van der Waals surface area (Å²) < 4.78 is 2.03. The van der Waals surface area contributed by atoms with Crippen molar-refractivity contribution in [3.05, 3.63) is 71.4 Å². The van der Waals surface area contributed by atoms with Crippen molar-refractivity contribution in [2.75, 3.05) is 27.2 Å². The molecule has 2 aromatic carbocycles. The van der Waals surface area contributed by atoms with Crippen LogP contribution in [0.25, 0.3) is 16.9 Å². The predicted molar refractivity (Wildman–Crippen MR) is 116 cm³/mol. The highest BCUT2D eigenvalue weighted by Gasteiger charge is 2.25. The van der Waals surface area contributed by atoms with Crippen LogP contribution in [-0.4, -0.2) is 52.8 Å². The molecule has 0 amide bonds. The van der Waals surface area contributed by atoms with E-state index in [-0.39, 0.29) is 0 Å². The molecule has 4 nitrogen and oxygen atoms in total. The topological polar surface area (TPSA) is 24.3 Å². The lowest BCUT2D eigenvalue weighted by molar-refractivity contribution is 0.265. The number of likely N-dealkylation sites (tertiary alicyclic amines) is 1. The molecule has 0 N–H and O–H groups in total. The molecule has 4 rings (SSSR count). The monoisotopic (exact) mass is 374 g/mol. The maximum absolute atomic E-state index is 5.00. The second-order valence-corrected chi connectivity index (χ2v) is 8.29. The lowest BCUT2D eigenvalue weighted by atomic mass is 10.1. The molecule has 1 atom stereocenters. The second-order valence-electron chi connectivity index (χ2n) is 8.29. The average Bonchev–Trinajstić information content (AvgIpc) is 3.30. The number of hydrogen-bond donors (Lipinski definition) is 0. The summed E-state index contributed by atoms with van der Waals surface area (Å²) in [6, 6.07) is 17.9. The fourth-order valence-electron chi connectivity index (χ4n) is 4.01. The zero-order valence-corrected chi connectivity index (χ0v) is 17.4. The van der Waals surface area contributed by atoms with E-state index < -0.39 is 0 Å². The molecule has 0 bridgehead atoms. The van der Waals surface area contributed by atoms with Gasteiger partial charge in [0.05, 0.1) is 11.4 Å². The van der Waals surface area contributed by atoms with Gasteiger partial charge in [0.1, 0.15) is 0 Å². The lowest BCUT2D eigenvalue weighted by Gasteiger charge is -2.20. The Morgan fingerprint density at radius 2 is 1.82 bits per heavy atom. The molecule has 146 valence electrons. The van der Waals surface area contributed by atoms with Gasteiger partial charge >= 0.3 is 0 Å². The Bertz CT molecular complexity index is 939. The Morgan fingerprint density at radius 1 is 1.04 bits per heavy atom. The van der Waals surface area contributed by atoms with Crippen LogP contribution in [-0.2, 0) is 6.54 Å². The number of likely N-dealkylation sites (N-methyl/N-ethyl adjacent to an activating group) is 1. The second kappa shape index (κ2) is 7.90. The Kier molecular flexibility index (Phi) is 5.33. The fourth-order valence-corrected chi connectivity index (χ4v) is 4.01. The van der Waals surface area contributed by atoms with E-state index >= 15 is 0 Å². The summed E-state index contributed by atoms with van der Waals surface area (Å²) in [5.74, 6) is 0. The van der Waals surface area contributed by atoms with E-state index in [1.807, 2.05) is 4.68 Å². The molecular weight excluding hydrogens is 344 g/mol. The van der Waals surface area contributed by atoms with Crippen LogP contribution >= 0.6 is 0 Å². The van der Waals surface area contributed by atoms with Gasteiger partial charge in [-0.15, -0.1) is 0 Å². The normalized spacial score (nSPS) is 17.5. The lowest BCUT2D eigenvalue weighted by Crippen LogP contribution is -2.31. The Balaban J connectivity index is 1.68. The predicted octanol–water partition coefficient (Wildman–Crippen LogP) is 4.29. The first-order valence-corrected chi connectivity index (χ1v) is 10.1. The third-order valence-corrected chi connectivity index (χ3v) is 5.75. The van der Waals surface area contributed by atoms with Gasteiger partial charge in [0.25, 0.3) is 0 Å². The SMILES string of the molecule is Cc1ccc(-n2cc(CN3CCC(N(C)C)C3)c(-c3cccc(C)c3)n2)cc1. The first-order chi connectivity index (χ1) is 13.5. The van der Waals surface area contributed by atoms with Crippen molar-refractivity contribution in [2.24, 2.45) is 0 Å². The molecule has 1 aliphatic heterocycles. The summed E-state index contributed by atoms with van der Waals surface area (Å²) >= 11 is 0. The highest BCUT2D eigenvalue weighted by atomic mass is 15.3. The van der Waals surface area contributed by atoms with Crippen molar-refractivity contribution < 1.29 is 0 Å². The molecule has 1 unspecified atom stereocenters. The van der Waals surface area contributed by atoms with Crippen molar-refractivity contribution in [1.29, 1.82) is 0 Å². The van der Waals surface area contributed by atoms with Gasteiger partial charge < -0.3 is 4.90 Å². The Morgan fingerprint density at radius 3 is 2.50 bits per heavy atom. The Hall–Kier alpha value is -2.43. The van der Waals surface area contributed by atoms with E-state index in [4.69, 9.17) is 5.10 Å². The molecule has 1 aromatic heterocycles. The van der Waals surface area contributed by atoms with Crippen LogP contribution in [0.5, 0.6) is 0 Å². The van der Waals surface area contributed by atoms with Crippen molar-refractivity contribution >= 4 is 0 Å². The zero-order valence-electron chi connectivity index (χ0n) is 17.4. The molecule has 1 fully saturated rings. The van der Waals surface area contributed by atoms with Crippen molar-refractivity contribution in [3.8, 4) is 16.9 Å². The summed E-state index contributed by atoms with van der Waals surface area (Å²) in [5.41, 5.74) is 7.23. The van der Waals surface area contributed by atoms with Crippen LogP contribution in [0.3, 0.4) is 0 Å². The summed E-state index contributed by atoms with van der Waals surface area (Å²) in [6.45, 7) is 7.47. The molecule has 1 saturated heterocycles. The molecule has 0 spiro atoms. The van der Waals surface area contributed by atoms with E-state index in [1.54, 1.807) is 0 Å². The van der Waals surface area contributed by atoms with Crippen LogP contribution in [0.2, 0.25) is 0 Å². The third-order valence-electron chi connectivity index (χ3n) is 5.75. The number of aryl methyl sites for hydroxylation is 2. The summed E-state index contributed by atoms with van der Waals surface area (Å²) in [4.78, 5) is 4.90. The molecule has 3 aromatic rings. The molecule has 0 aliphatic carbocycles. The van der Waals surface area contributed by atoms with Gasteiger partial charge in [-0.2, -0.15) is 5.10 Å². The maximum atomic E-state index is 5.00.